The molecule has 0 fully saturated rings. The Bertz CT molecular complexity index is 980. The summed E-state index contributed by atoms with van der Waals surface area (Å²) in [5, 5.41) is 10.4. The largest absolute Gasteiger partial charge is 0.491 e. The number of anilines is 1. The van der Waals surface area contributed by atoms with Crippen LogP contribution in [0.25, 0.3) is 11.3 Å². The van der Waals surface area contributed by atoms with Gasteiger partial charge in [0.15, 0.2) is 11.8 Å². The number of benzene rings is 2. The van der Waals surface area contributed by atoms with Crippen molar-refractivity contribution in [2.75, 3.05) is 5.32 Å². The fraction of sp³-hybridized carbons (Fsp3) is 0.318. The Morgan fingerprint density at radius 2 is 1.62 bits per heavy atom. The second-order valence-corrected chi connectivity index (χ2v) is 7.15. The number of amides is 1. The Kier molecular flexibility index (Phi) is 6.16. The van der Waals surface area contributed by atoms with E-state index in [0.29, 0.717) is 11.4 Å². The average Bonchev–Trinajstić information content (AvgIpc) is 3.13. The van der Waals surface area contributed by atoms with Crippen molar-refractivity contribution in [3.63, 3.8) is 0 Å². The molecule has 0 bridgehead atoms. The molecule has 0 aliphatic carbocycles. The van der Waals surface area contributed by atoms with Crippen LogP contribution in [0, 0.1) is 13.8 Å². The summed E-state index contributed by atoms with van der Waals surface area (Å²) < 4.78 is 16.2. The third-order valence-electron chi connectivity index (χ3n) is 4.39. The van der Waals surface area contributed by atoms with Gasteiger partial charge >= 0.3 is 0 Å². The lowest BCUT2D eigenvalue weighted by atomic mass is 10.1. The van der Waals surface area contributed by atoms with Crippen LogP contribution >= 0.6 is 0 Å². The van der Waals surface area contributed by atoms with Gasteiger partial charge < -0.3 is 14.8 Å². The summed E-state index contributed by atoms with van der Waals surface area (Å²) in [5.41, 5.74) is 3.45. The van der Waals surface area contributed by atoms with Crippen LogP contribution in [-0.4, -0.2) is 28.4 Å². The number of nitrogens with one attached hydrogen (secondary N) is 1. The molecular weight excluding hydrogens is 370 g/mol. The summed E-state index contributed by atoms with van der Waals surface area (Å²) in [4.78, 5) is 12.6. The van der Waals surface area contributed by atoms with Gasteiger partial charge in [0.05, 0.1) is 6.10 Å². The maximum absolute atomic E-state index is 12.6. The molecule has 2 aromatic carbocycles. The van der Waals surface area contributed by atoms with Crippen molar-refractivity contribution >= 4 is 11.7 Å². The molecule has 7 heteroatoms. The molecule has 7 nitrogen and oxygen atoms in total. The number of hydrogen-bond donors (Lipinski definition) is 1. The average molecular weight is 395 g/mol. The summed E-state index contributed by atoms with van der Waals surface area (Å²) in [6, 6.07) is 13.0. The summed E-state index contributed by atoms with van der Waals surface area (Å²) in [7, 11) is 0. The molecule has 0 unspecified atom stereocenters. The van der Waals surface area contributed by atoms with E-state index < -0.39 is 6.10 Å². The number of hydrogen-bond acceptors (Lipinski definition) is 6. The van der Waals surface area contributed by atoms with Crippen LogP contribution < -0.4 is 14.8 Å². The third-order valence-corrected chi connectivity index (χ3v) is 4.39. The first-order valence-corrected chi connectivity index (χ1v) is 9.48. The molecule has 3 aromatic rings. The predicted octanol–water partition coefficient (Wildman–Crippen LogP) is 4.55. The Morgan fingerprint density at radius 3 is 2.28 bits per heavy atom. The molecule has 3 rings (SSSR count). The fourth-order valence-electron chi connectivity index (χ4n) is 2.69. The number of nitrogens with zero attached hydrogens (tertiary/aromatic N) is 2. The molecule has 0 aliphatic heterocycles. The molecular formula is C22H25N3O4. The molecule has 1 N–H and O–H groups in total. The monoisotopic (exact) mass is 395 g/mol. The van der Waals surface area contributed by atoms with Crippen molar-refractivity contribution in [1.29, 1.82) is 0 Å². The van der Waals surface area contributed by atoms with Crippen molar-refractivity contribution in [1.82, 2.24) is 10.3 Å². The van der Waals surface area contributed by atoms with E-state index in [1.807, 2.05) is 70.2 Å². The van der Waals surface area contributed by atoms with Crippen molar-refractivity contribution in [3.8, 4) is 22.8 Å². The molecule has 1 heterocycles. The summed E-state index contributed by atoms with van der Waals surface area (Å²) in [6.07, 6.45) is -0.633. The number of rotatable bonds is 7. The van der Waals surface area contributed by atoms with Gasteiger partial charge in [-0.3, -0.25) is 4.79 Å². The second kappa shape index (κ2) is 8.77. The zero-order valence-corrected chi connectivity index (χ0v) is 17.2. The quantitative estimate of drug-likeness (QED) is 0.632. The molecule has 0 saturated carbocycles. The molecule has 1 atom stereocenters. The molecule has 0 radical (unpaired) electrons. The fourth-order valence-corrected chi connectivity index (χ4v) is 2.69. The third kappa shape index (κ3) is 5.13. The van der Waals surface area contributed by atoms with E-state index in [1.165, 1.54) is 0 Å². The van der Waals surface area contributed by atoms with Crippen LogP contribution in [-0.2, 0) is 4.79 Å². The van der Waals surface area contributed by atoms with Crippen LogP contribution in [0.1, 0.15) is 31.9 Å². The molecule has 1 aromatic heterocycles. The minimum atomic E-state index is -0.719. The van der Waals surface area contributed by atoms with Gasteiger partial charge in [-0.2, -0.15) is 0 Å². The minimum absolute atomic E-state index is 0.0863. The standard InChI is InChI=1S/C22H25N3O4/c1-13(2)27-18-10-7-17(8-11-18)20-21(25-29-24-20)23-22(26)16(5)28-19-9-6-14(3)15(4)12-19/h6-13,16H,1-5H3,(H,23,25,26)/t16-/m0/s1. The molecule has 1 amide bonds. The zero-order chi connectivity index (χ0) is 21.0. The van der Waals surface area contributed by atoms with E-state index in [1.54, 1.807) is 6.92 Å². The van der Waals surface area contributed by atoms with Crippen LogP contribution in [0.15, 0.2) is 47.1 Å². The van der Waals surface area contributed by atoms with Gasteiger partial charge in [-0.25, -0.2) is 4.63 Å². The number of carbonyl (C=O) groups excluding carboxylic acids is 1. The van der Waals surface area contributed by atoms with E-state index in [-0.39, 0.29) is 17.8 Å². The summed E-state index contributed by atoms with van der Waals surface area (Å²) in [5.74, 6) is 1.28. The molecule has 0 saturated heterocycles. The Labute approximate surface area is 170 Å². The smallest absolute Gasteiger partial charge is 0.266 e. The highest BCUT2D eigenvalue weighted by molar-refractivity contribution is 5.96. The van der Waals surface area contributed by atoms with E-state index >= 15 is 0 Å². The van der Waals surface area contributed by atoms with E-state index in [0.717, 1.165) is 22.4 Å². The van der Waals surface area contributed by atoms with Crippen LogP contribution in [0.4, 0.5) is 5.82 Å². The second-order valence-electron chi connectivity index (χ2n) is 7.15. The zero-order valence-electron chi connectivity index (χ0n) is 17.2. The van der Waals surface area contributed by atoms with Gasteiger partial charge in [0, 0.05) is 5.56 Å². The van der Waals surface area contributed by atoms with Gasteiger partial charge in [-0.1, -0.05) is 6.07 Å². The number of carbonyl (C=O) groups is 1. The highest BCUT2D eigenvalue weighted by atomic mass is 16.6. The summed E-state index contributed by atoms with van der Waals surface area (Å²) in [6.45, 7) is 9.62. The van der Waals surface area contributed by atoms with Crippen molar-refractivity contribution < 1.29 is 18.9 Å². The SMILES string of the molecule is Cc1ccc(O[C@@H](C)C(=O)Nc2nonc2-c2ccc(OC(C)C)cc2)cc1C. The Balaban J connectivity index is 1.68. The number of aromatic nitrogens is 2. The van der Waals surface area contributed by atoms with E-state index in [9.17, 15) is 4.79 Å². The van der Waals surface area contributed by atoms with Crippen LogP contribution in [0.5, 0.6) is 11.5 Å². The van der Waals surface area contributed by atoms with Gasteiger partial charge in [-0.15, -0.1) is 0 Å². The van der Waals surface area contributed by atoms with Gasteiger partial charge in [-0.05, 0) is 92.5 Å². The Hall–Kier alpha value is -3.35. The lowest BCUT2D eigenvalue weighted by molar-refractivity contribution is -0.122. The van der Waals surface area contributed by atoms with Crippen molar-refractivity contribution in [2.24, 2.45) is 0 Å². The van der Waals surface area contributed by atoms with Crippen molar-refractivity contribution in [3.05, 3.63) is 53.6 Å². The molecule has 0 aliphatic rings. The minimum Gasteiger partial charge on any atom is -0.491 e. The summed E-state index contributed by atoms with van der Waals surface area (Å²) >= 11 is 0. The molecule has 29 heavy (non-hydrogen) atoms. The predicted molar refractivity (Wildman–Crippen MR) is 110 cm³/mol. The van der Waals surface area contributed by atoms with E-state index in [2.05, 4.69) is 15.6 Å². The Morgan fingerprint density at radius 1 is 0.931 bits per heavy atom. The highest BCUT2D eigenvalue weighted by Crippen LogP contribution is 2.27. The first kappa shape index (κ1) is 20.4. The van der Waals surface area contributed by atoms with Gasteiger partial charge in [0.25, 0.3) is 5.91 Å². The normalized spacial score (nSPS) is 11.9. The maximum Gasteiger partial charge on any atom is 0.266 e. The highest BCUT2D eigenvalue weighted by Gasteiger charge is 2.20. The molecule has 0 spiro atoms. The lowest BCUT2D eigenvalue weighted by Gasteiger charge is -2.15. The number of aryl methyl sites for hydroxylation is 2. The van der Waals surface area contributed by atoms with Crippen LogP contribution in [0.2, 0.25) is 0 Å². The van der Waals surface area contributed by atoms with Gasteiger partial charge in [0.1, 0.15) is 11.5 Å². The van der Waals surface area contributed by atoms with E-state index in [4.69, 9.17) is 14.1 Å². The van der Waals surface area contributed by atoms with Crippen molar-refractivity contribution in [2.45, 2.75) is 46.8 Å². The number of ether oxygens (including phenoxy) is 2. The van der Waals surface area contributed by atoms with Crippen LogP contribution in [0.3, 0.4) is 0 Å². The first-order chi connectivity index (χ1) is 13.8. The molecule has 152 valence electrons. The van der Waals surface area contributed by atoms with Gasteiger partial charge in [0.2, 0.25) is 5.82 Å². The topological polar surface area (TPSA) is 86.5 Å². The maximum atomic E-state index is 12.6. The lowest BCUT2D eigenvalue weighted by Crippen LogP contribution is -2.30. The first-order valence-electron chi connectivity index (χ1n) is 9.48.